The van der Waals surface area contributed by atoms with Crippen LogP contribution in [0.5, 0.6) is 0 Å². The number of rotatable bonds is 3. The van der Waals surface area contributed by atoms with Gasteiger partial charge in [-0.05, 0) is 50.1 Å². The fourth-order valence-corrected chi connectivity index (χ4v) is 5.90. The molecule has 2 fully saturated rings. The topological polar surface area (TPSA) is 71.3 Å². The van der Waals surface area contributed by atoms with Crippen LogP contribution < -0.4 is 0 Å². The zero-order valence-corrected chi connectivity index (χ0v) is 20.2. The number of nitrogens with zero attached hydrogens (tertiary/aromatic N) is 5. The highest BCUT2D eigenvalue weighted by Crippen LogP contribution is 2.31. The van der Waals surface area contributed by atoms with E-state index in [1.807, 2.05) is 42.5 Å². The van der Waals surface area contributed by atoms with Crippen molar-refractivity contribution in [1.82, 2.24) is 24.6 Å². The van der Waals surface area contributed by atoms with Crippen molar-refractivity contribution >= 4 is 34.2 Å². The molecule has 174 valence electrons. The molecule has 2 amide bonds. The van der Waals surface area contributed by atoms with Gasteiger partial charge in [0.2, 0.25) is 5.91 Å². The summed E-state index contributed by atoms with van der Waals surface area (Å²) in [6, 6.07) is 5.93. The van der Waals surface area contributed by atoms with Crippen molar-refractivity contribution in [2.75, 3.05) is 26.2 Å². The van der Waals surface area contributed by atoms with E-state index in [1.165, 1.54) is 12.8 Å². The van der Waals surface area contributed by atoms with E-state index in [4.69, 9.17) is 4.98 Å². The van der Waals surface area contributed by atoms with Crippen LogP contribution in [0.25, 0.3) is 21.6 Å². The van der Waals surface area contributed by atoms with Crippen LogP contribution in [-0.2, 0) is 11.8 Å². The van der Waals surface area contributed by atoms with Gasteiger partial charge >= 0.3 is 0 Å². The van der Waals surface area contributed by atoms with Crippen molar-refractivity contribution < 1.29 is 9.59 Å². The van der Waals surface area contributed by atoms with Crippen LogP contribution in [0.4, 0.5) is 0 Å². The van der Waals surface area contributed by atoms with Crippen LogP contribution in [0.3, 0.4) is 0 Å². The van der Waals surface area contributed by atoms with E-state index in [-0.39, 0.29) is 11.8 Å². The number of carbonyl (C=O) groups is 2. The SMILES string of the molecule is Cc1nn(C)c2nc(-c3cccs3)cc(C(=O)N3CCC(C(=O)N4CCCCCC4)CC3)c12. The first-order chi connectivity index (χ1) is 16.0. The molecule has 0 N–H and O–H groups in total. The van der Waals surface area contributed by atoms with Gasteiger partial charge in [-0.3, -0.25) is 14.3 Å². The molecule has 2 saturated heterocycles. The van der Waals surface area contributed by atoms with Crippen LogP contribution in [0.2, 0.25) is 0 Å². The number of piperidine rings is 1. The maximum atomic E-state index is 13.7. The summed E-state index contributed by atoms with van der Waals surface area (Å²) in [6.45, 7) is 4.93. The summed E-state index contributed by atoms with van der Waals surface area (Å²) in [4.78, 5) is 36.6. The number of aryl methyl sites for hydroxylation is 2. The zero-order chi connectivity index (χ0) is 22.9. The Hall–Kier alpha value is -2.74. The summed E-state index contributed by atoms with van der Waals surface area (Å²) in [5, 5.41) is 7.37. The molecular weight excluding hydrogens is 434 g/mol. The van der Waals surface area contributed by atoms with Crippen molar-refractivity contribution in [2.24, 2.45) is 13.0 Å². The van der Waals surface area contributed by atoms with E-state index in [2.05, 4.69) is 10.00 Å². The van der Waals surface area contributed by atoms with Crippen molar-refractivity contribution in [3.8, 4) is 10.6 Å². The molecule has 0 aromatic carbocycles. The van der Waals surface area contributed by atoms with Crippen LogP contribution in [0.1, 0.15) is 54.6 Å². The Morgan fingerprint density at radius 3 is 2.42 bits per heavy atom. The maximum Gasteiger partial charge on any atom is 0.254 e. The van der Waals surface area contributed by atoms with Gasteiger partial charge < -0.3 is 9.80 Å². The van der Waals surface area contributed by atoms with E-state index in [0.717, 1.165) is 66.1 Å². The second kappa shape index (κ2) is 9.25. The van der Waals surface area contributed by atoms with Crippen LogP contribution in [0, 0.1) is 12.8 Å². The minimum atomic E-state index is 0.0111. The minimum absolute atomic E-state index is 0.0111. The standard InChI is InChI=1S/C25H31N5O2S/c1-17-22-19(16-20(21-8-7-15-33-21)26-23(22)28(2)27-17)25(32)30-13-9-18(10-14-30)24(31)29-11-5-3-4-6-12-29/h7-8,15-16,18H,3-6,9-14H2,1-2H3. The normalized spacial score (nSPS) is 18.0. The first-order valence-electron chi connectivity index (χ1n) is 12.0. The van der Waals surface area contributed by atoms with Crippen molar-refractivity contribution in [2.45, 2.75) is 45.4 Å². The Morgan fingerprint density at radius 1 is 1.03 bits per heavy atom. The predicted octanol–water partition coefficient (Wildman–Crippen LogP) is 4.26. The van der Waals surface area contributed by atoms with Gasteiger partial charge in [0.05, 0.1) is 27.2 Å². The fourth-order valence-electron chi connectivity index (χ4n) is 5.21. The number of aromatic nitrogens is 3. The van der Waals surface area contributed by atoms with E-state index in [9.17, 15) is 9.59 Å². The summed E-state index contributed by atoms with van der Waals surface area (Å²) in [5.41, 5.74) is 3.00. The smallest absolute Gasteiger partial charge is 0.254 e. The molecule has 0 radical (unpaired) electrons. The molecule has 0 spiro atoms. The van der Waals surface area contributed by atoms with Gasteiger partial charge in [-0.2, -0.15) is 5.10 Å². The summed E-state index contributed by atoms with van der Waals surface area (Å²) < 4.78 is 1.75. The Bertz CT molecular complexity index is 1150. The lowest BCUT2D eigenvalue weighted by atomic mass is 9.94. The fraction of sp³-hybridized carbons (Fsp3) is 0.520. The molecule has 7 nitrogen and oxygen atoms in total. The van der Waals surface area contributed by atoms with Crippen LogP contribution in [0.15, 0.2) is 23.6 Å². The number of pyridine rings is 1. The van der Waals surface area contributed by atoms with E-state index >= 15 is 0 Å². The van der Waals surface area contributed by atoms with E-state index in [1.54, 1.807) is 16.0 Å². The molecule has 5 rings (SSSR count). The number of thiophene rings is 1. The largest absolute Gasteiger partial charge is 0.342 e. The lowest BCUT2D eigenvalue weighted by Gasteiger charge is -2.34. The van der Waals surface area contributed by atoms with Gasteiger partial charge in [-0.25, -0.2) is 4.98 Å². The van der Waals surface area contributed by atoms with Crippen molar-refractivity contribution in [1.29, 1.82) is 0 Å². The summed E-state index contributed by atoms with van der Waals surface area (Å²) >= 11 is 1.61. The van der Waals surface area contributed by atoms with Gasteiger partial charge in [-0.15, -0.1) is 11.3 Å². The first-order valence-corrected chi connectivity index (χ1v) is 12.9. The van der Waals surface area contributed by atoms with Gasteiger partial charge in [0.25, 0.3) is 5.91 Å². The molecule has 3 aromatic heterocycles. The zero-order valence-electron chi connectivity index (χ0n) is 19.4. The third-order valence-electron chi connectivity index (χ3n) is 7.02. The van der Waals surface area contributed by atoms with Gasteiger partial charge in [0.15, 0.2) is 5.65 Å². The average molecular weight is 466 g/mol. The Labute approximate surface area is 198 Å². The molecule has 0 aliphatic carbocycles. The van der Waals surface area contributed by atoms with E-state index in [0.29, 0.717) is 24.6 Å². The van der Waals surface area contributed by atoms with Crippen LogP contribution in [-0.4, -0.2) is 62.6 Å². The molecule has 33 heavy (non-hydrogen) atoms. The highest BCUT2D eigenvalue weighted by Gasteiger charge is 2.32. The van der Waals surface area contributed by atoms with Gasteiger partial charge in [-0.1, -0.05) is 18.9 Å². The number of amides is 2. The number of likely N-dealkylation sites (tertiary alicyclic amines) is 2. The second-order valence-corrected chi connectivity index (χ2v) is 10.2. The molecule has 5 heterocycles. The van der Waals surface area contributed by atoms with Crippen molar-refractivity contribution in [3.05, 3.63) is 34.8 Å². The minimum Gasteiger partial charge on any atom is -0.342 e. The summed E-state index contributed by atoms with van der Waals surface area (Å²) in [6.07, 6.45) is 6.13. The third-order valence-corrected chi connectivity index (χ3v) is 7.91. The molecule has 0 bridgehead atoms. The van der Waals surface area contributed by atoms with Gasteiger partial charge in [0, 0.05) is 39.1 Å². The quantitative estimate of drug-likeness (QED) is 0.579. The molecule has 0 saturated carbocycles. The molecule has 2 aliphatic rings. The Kier molecular flexibility index (Phi) is 6.19. The van der Waals surface area contributed by atoms with E-state index < -0.39 is 0 Å². The Morgan fingerprint density at radius 2 is 1.76 bits per heavy atom. The van der Waals surface area contributed by atoms with Crippen LogP contribution >= 0.6 is 11.3 Å². The molecule has 0 unspecified atom stereocenters. The molecule has 3 aromatic rings. The molecular formula is C25H31N5O2S. The van der Waals surface area contributed by atoms with Gasteiger partial charge in [0.1, 0.15) is 0 Å². The lowest BCUT2D eigenvalue weighted by Crippen LogP contribution is -2.44. The number of fused-ring (bicyclic) bond motifs is 1. The lowest BCUT2D eigenvalue weighted by molar-refractivity contribution is -0.136. The molecule has 2 aliphatic heterocycles. The summed E-state index contributed by atoms with van der Waals surface area (Å²) in [7, 11) is 1.87. The highest BCUT2D eigenvalue weighted by atomic mass is 32.1. The monoisotopic (exact) mass is 465 g/mol. The third kappa shape index (κ3) is 4.28. The first kappa shape index (κ1) is 22.1. The maximum absolute atomic E-state index is 13.7. The molecule has 8 heteroatoms. The van der Waals surface area contributed by atoms with Crippen molar-refractivity contribution in [3.63, 3.8) is 0 Å². The second-order valence-electron chi connectivity index (χ2n) is 9.25. The summed E-state index contributed by atoms with van der Waals surface area (Å²) in [5.74, 6) is 0.335. The number of hydrogen-bond donors (Lipinski definition) is 0. The molecule has 0 atom stereocenters. The predicted molar refractivity (Wildman–Crippen MR) is 130 cm³/mol. The Balaban J connectivity index is 1.37. The average Bonchev–Trinajstić information content (AvgIpc) is 3.37. The number of hydrogen-bond acceptors (Lipinski definition) is 5. The number of carbonyl (C=O) groups excluding carboxylic acids is 2. The highest BCUT2D eigenvalue weighted by molar-refractivity contribution is 7.13.